The van der Waals surface area contributed by atoms with Crippen molar-refractivity contribution >= 4 is 34.7 Å². The number of benzene rings is 1. The van der Waals surface area contributed by atoms with Crippen LogP contribution in [0.25, 0.3) is 6.08 Å². The van der Waals surface area contributed by atoms with Crippen LogP contribution in [0.15, 0.2) is 29.2 Å². The van der Waals surface area contributed by atoms with E-state index >= 15 is 0 Å². The van der Waals surface area contributed by atoms with E-state index in [9.17, 15) is 9.59 Å². The van der Waals surface area contributed by atoms with E-state index in [1.54, 1.807) is 0 Å². The second-order valence-corrected chi connectivity index (χ2v) is 8.58. The SMILES string of the molecule is O=C1S/C(=C/c2ccc(N3CCCC3)cc2)C(=O)N1CC1CCCCC1. The van der Waals surface area contributed by atoms with Crippen LogP contribution in [-0.2, 0) is 4.79 Å². The number of thioether (sulfide) groups is 1. The summed E-state index contributed by atoms with van der Waals surface area (Å²) in [7, 11) is 0. The van der Waals surface area contributed by atoms with Crippen LogP contribution in [-0.4, -0.2) is 35.7 Å². The summed E-state index contributed by atoms with van der Waals surface area (Å²) in [6.07, 6.45) is 10.4. The van der Waals surface area contributed by atoms with Crippen molar-refractivity contribution in [3.05, 3.63) is 34.7 Å². The van der Waals surface area contributed by atoms with Crippen molar-refractivity contribution < 1.29 is 9.59 Å². The largest absolute Gasteiger partial charge is 0.372 e. The average molecular weight is 371 g/mol. The Bertz CT molecular complexity index is 701. The molecule has 3 fully saturated rings. The molecule has 2 heterocycles. The third kappa shape index (κ3) is 3.83. The summed E-state index contributed by atoms with van der Waals surface area (Å²) in [5.41, 5.74) is 2.22. The monoisotopic (exact) mass is 370 g/mol. The Hall–Kier alpha value is -1.75. The molecule has 0 radical (unpaired) electrons. The smallest absolute Gasteiger partial charge is 0.293 e. The molecule has 1 aliphatic carbocycles. The third-order valence-electron chi connectivity index (χ3n) is 5.70. The highest BCUT2D eigenvalue weighted by Gasteiger charge is 2.36. The van der Waals surface area contributed by atoms with Crippen LogP contribution in [0.2, 0.25) is 0 Å². The molecule has 4 rings (SSSR count). The van der Waals surface area contributed by atoms with Crippen molar-refractivity contribution in [2.45, 2.75) is 44.9 Å². The van der Waals surface area contributed by atoms with E-state index in [4.69, 9.17) is 0 Å². The normalized spacial score (nSPS) is 23.5. The quantitative estimate of drug-likeness (QED) is 0.707. The number of nitrogens with zero attached hydrogens (tertiary/aromatic N) is 2. The Morgan fingerprint density at radius 3 is 2.35 bits per heavy atom. The summed E-state index contributed by atoms with van der Waals surface area (Å²) >= 11 is 1.08. The summed E-state index contributed by atoms with van der Waals surface area (Å²) < 4.78 is 0. The van der Waals surface area contributed by atoms with Crippen LogP contribution in [0, 0.1) is 5.92 Å². The second kappa shape index (κ2) is 7.87. The van der Waals surface area contributed by atoms with Gasteiger partial charge in [0.15, 0.2) is 0 Å². The van der Waals surface area contributed by atoms with Gasteiger partial charge in [0.2, 0.25) is 0 Å². The zero-order valence-electron chi connectivity index (χ0n) is 15.2. The summed E-state index contributed by atoms with van der Waals surface area (Å²) in [5.74, 6) is 0.366. The van der Waals surface area contributed by atoms with Crippen molar-refractivity contribution in [2.24, 2.45) is 5.92 Å². The number of hydrogen-bond acceptors (Lipinski definition) is 4. The van der Waals surface area contributed by atoms with Gasteiger partial charge in [-0.05, 0) is 67.1 Å². The molecular formula is C21H26N2O2S. The van der Waals surface area contributed by atoms with Crippen LogP contribution in [0.3, 0.4) is 0 Å². The molecule has 0 unspecified atom stereocenters. The van der Waals surface area contributed by atoms with Gasteiger partial charge in [-0.3, -0.25) is 14.5 Å². The first kappa shape index (κ1) is 17.7. The third-order valence-corrected chi connectivity index (χ3v) is 6.61. The lowest BCUT2D eigenvalue weighted by molar-refractivity contribution is -0.123. The van der Waals surface area contributed by atoms with Gasteiger partial charge in [0.1, 0.15) is 0 Å². The van der Waals surface area contributed by atoms with Gasteiger partial charge >= 0.3 is 0 Å². The summed E-state index contributed by atoms with van der Waals surface area (Å²) in [6.45, 7) is 2.84. The highest BCUT2D eigenvalue weighted by molar-refractivity contribution is 8.18. The van der Waals surface area contributed by atoms with Crippen LogP contribution in [0.5, 0.6) is 0 Å². The fraction of sp³-hybridized carbons (Fsp3) is 0.524. The lowest BCUT2D eigenvalue weighted by Crippen LogP contribution is -2.34. The lowest BCUT2D eigenvalue weighted by atomic mass is 9.89. The molecule has 2 amide bonds. The predicted molar refractivity (Wildman–Crippen MR) is 107 cm³/mol. The van der Waals surface area contributed by atoms with Crippen molar-refractivity contribution in [1.29, 1.82) is 0 Å². The molecule has 1 saturated carbocycles. The standard InChI is InChI=1S/C21H26N2O2S/c24-20-19(26-21(25)23(20)15-17-6-2-1-3-7-17)14-16-8-10-18(11-9-16)22-12-4-5-13-22/h8-11,14,17H,1-7,12-13,15H2/b19-14+. The minimum absolute atomic E-state index is 0.111. The molecule has 0 bridgehead atoms. The van der Waals surface area contributed by atoms with Crippen LogP contribution >= 0.6 is 11.8 Å². The Morgan fingerprint density at radius 2 is 1.65 bits per heavy atom. The van der Waals surface area contributed by atoms with E-state index in [0.717, 1.165) is 43.3 Å². The Kier molecular flexibility index (Phi) is 5.34. The van der Waals surface area contributed by atoms with Gasteiger partial charge in [-0.25, -0.2) is 0 Å². The molecule has 0 aromatic heterocycles. The maximum absolute atomic E-state index is 12.7. The minimum atomic E-state index is -0.116. The number of carbonyl (C=O) groups is 2. The van der Waals surface area contributed by atoms with E-state index in [0.29, 0.717) is 17.4 Å². The summed E-state index contributed by atoms with van der Waals surface area (Å²) in [4.78, 5) is 29.4. The first-order valence-corrected chi connectivity index (χ1v) is 10.6. The molecule has 5 heteroatoms. The van der Waals surface area contributed by atoms with E-state index in [1.165, 1.54) is 42.7 Å². The number of carbonyl (C=O) groups excluding carboxylic acids is 2. The molecule has 1 aromatic carbocycles. The molecule has 4 nitrogen and oxygen atoms in total. The molecular weight excluding hydrogens is 344 g/mol. The lowest BCUT2D eigenvalue weighted by Gasteiger charge is -2.25. The Balaban J connectivity index is 1.43. The molecule has 1 aromatic rings. The molecule has 3 aliphatic rings. The van der Waals surface area contributed by atoms with Gasteiger partial charge in [-0.15, -0.1) is 0 Å². The van der Waals surface area contributed by atoms with E-state index in [-0.39, 0.29) is 11.1 Å². The highest BCUT2D eigenvalue weighted by atomic mass is 32.2. The maximum atomic E-state index is 12.7. The number of anilines is 1. The van der Waals surface area contributed by atoms with Gasteiger partial charge in [0, 0.05) is 25.3 Å². The van der Waals surface area contributed by atoms with E-state index < -0.39 is 0 Å². The Morgan fingerprint density at radius 1 is 0.962 bits per heavy atom. The fourth-order valence-electron chi connectivity index (χ4n) is 4.19. The second-order valence-electron chi connectivity index (χ2n) is 7.58. The van der Waals surface area contributed by atoms with E-state index in [2.05, 4.69) is 17.0 Å². The van der Waals surface area contributed by atoms with E-state index in [1.807, 2.05) is 18.2 Å². The zero-order valence-corrected chi connectivity index (χ0v) is 16.0. The molecule has 26 heavy (non-hydrogen) atoms. The first-order chi connectivity index (χ1) is 12.7. The van der Waals surface area contributed by atoms with Gasteiger partial charge in [0.25, 0.3) is 11.1 Å². The maximum Gasteiger partial charge on any atom is 0.293 e. The number of rotatable bonds is 4. The van der Waals surface area contributed by atoms with Gasteiger partial charge in [-0.2, -0.15) is 0 Å². The number of amides is 2. The minimum Gasteiger partial charge on any atom is -0.372 e. The first-order valence-electron chi connectivity index (χ1n) is 9.81. The van der Waals surface area contributed by atoms with Crippen LogP contribution in [0.1, 0.15) is 50.5 Å². The summed E-state index contributed by atoms with van der Waals surface area (Å²) in [5, 5.41) is -0.111. The molecule has 138 valence electrons. The van der Waals surface area contributed by atoms with Crippen molar-refractivity contribution in [3.63, 3.8) is 0 Å². The van der Waals surface area contributed by atoms with Gasteiger partial charge < -0.3 is 4.90 Å². The van der Waals surface area contributed by atoms with Crippen molar-refractivity contribution in [1.82, 2.24) is 4.90 Å². The zero-order chi connectivity index (χ0) is 17.9. The van der Waals surface area contributed by atoms with Crippen molar-refractivity contribution in [2.75, 3.05) is 24.5 Å². The average Bonchev–Trinajstić information content (AvgIpc) is 3.28. The number of imide groups is 1. The van der Waals surface area contributed by atoms with Crippen LogP contribution in [0.4, 0.5) is 10.5 Å². The fourth-order valence-corrected chi connectivity index (χ4v) is 5.04. The van der Waals surface area contributed by atoms with Gasteiger partial charge in [-0.1, -0.05) is 31.4 Å². The highest BCUT2D eigenvalue weighted by Crippen LogP contribution is 2.35. The molecule has 0 atom stereocenters. The molecule has 2 saturated heterocycles. The topological polar surface area (TPSA) is 40.6 Å². The Labute approximate surface area is 159 Å². The number of hydrogen-bond donors (Lipinski definition) is 0. The molecule has 0 N–H and O–H groups in total. The molecule has 2 aliphatic heterocycles. The molecule has 0 spiro atoms. The van der Waals surface area contributed by atoms with Gasteiger partial charge in [0.05, 0.1) is 4.91 Å². The van der Waals surface area contributed by atoms with Crippen LogP contribution < -0.4 is 4.90 Å². The predicted octanol–water partition coefficient (Wildman–Crippen LogP) is 4.90. The van der Waals surface area contributed by atoms with Crippen molar-refractivity contribution in [3.8, 4) is 0 Å². The summed E-state index contributed by atoms with van der Waals surface area (Å²) in [6, 6.07) is 8.32.